The topological polar surface area (TPSA) is 23.8 Å². The molecule has 4 rings (SSSR count). The first-order chi connectivity index (χ1) is 11.8. The first kappa shape index (κ1) is 15.3. The van der Waals surface area contributed by atoms with Crippen molar-refractivity contribution in [2.75, 3.05) is 26.2 Å². The van der Waals surface area contributed by atoms with Crippen LogP contribution in [0.4, 0.5) is 4.39 Å². The molecule has 124 valence electrons. The molecule has 2 aromatic heterocycles. The molecular formula is C19H21FN4. The molecule has 24 heavy (non-hydrogen) atoms. The van der Waals surface area contributed by atoms with Gasteiger partial charge in [0.15, 0.2) is 0 Å². The second-order valence-corrected chi connectivity index (χ2v) is 6.38. The molecule has 5 heteroatoms. The summed E-state index contributed by atoms with van der Waals surface area (Å²) in [5.74, 6) is -0.170. The summed E-state index contributed by atoms with van der Waals surface area (Å²) in [5, 5.41) is 0. The molecule has 0 N–H and O–H groups in total. The van der Waals surface area contributed by atoms with E-state index in [1.807, 2.05) is 36.5 Å². The summed E-state index contributed by atoms with van der Waals surface area (Å²) in [6.07, 6.45) is 4.15. The van der Waals surface area contributed by atoms with E-state index in [9.17, 15) is 4.39 Å². The molecule has 0 amide bonds. The zero-order valence-corrected chi connectivity index (χ0v) is 13.6. The van der Waals surface area contributed by atoms with Gasteiger partial charge in [0, 0.05) is 51.7 Å². The first-order valence-corrected chi connectivity index (χ1v) is 8.38. The van der Waals surface area contributed by atoms with E-state index in [0.29, 0.717) is 0 Å². The molecule has 1 aromatic carbocycles. The summed E-state index contributed by atoms with van der Waals surface area (Å²) in [4.78, 5) is 9.55. The number of piperazine rings is 1. The number of benzene rings is 1. The molecular weight excluding hydrogens is 303 g/mol. The van der Waals surface area contributed by atoms with Gasteiger partial charge in [0.1, 0.15) is 11.5 Å². The van der Waals surface area contributed by atoms with Gasteiger partial charge >= 0.3 is 0 Å². The summed E-state index contributed by atoms with van der Waals surface area (Å²) in [5.41, 5.74) is 3.29. The number of imidazole rings is 1. The Hall–Kier alpha value is -2.24. The maximum absolute atomic E-state index is 13.0. The maximum atomic E-state index is 13.0. The molecule has 0 radical (unpaired) electrons. The van der Waals surface area contributed by atoms with E-state index in [1.54, 1.807) is 0 Å². The molecule has 1 saturated heterocycles. The van der Waals surface area contributed by atoms with Gasteiger partial charge in [-0.25, -0.2) is 9.37 Å². The lowest BCUT2D eigenvalue weighted by atomic mass is 10.2. The maximum Gasteiger partial charge on any atom is 0.137 e. The van der Waals surface area contributed by atoms with Gasteiger partial charge in [-0.2, -0.15) is 0 Å². The Kier molecular flexibility index (Phi) is 4.28. The zero-order valence-electron chi connectivity index (χ0n) is 13.6. The van der Waals surface area contributed by atoms with E-state index in [4.69, 9.17) is 0 Å². The van der Waals surface area contributed by atoms with E-state index in [-0.39, 0.29) is 5.82 Å². The van der Waals surface area contributed by atoms with Crippen LogP contribution in [-0.2, 0) is 13.1 Å². The Balaban J connectivity index is 1.31. The molecule has 3 aromatic rings. The van der Waals surface area contributed by atoms with Crippen LogP contribution in [0.2, 0.25) is 0 Å². The quantitative estimate of drug-likeness (QED) is 0.737. The van der Waals surface area contributed by atoms with Gasteiger partial charge in [0.25, 0.3) is 0 Å². The minimum absolute atomic E-state index is 0.170. The average molecular weight is 324 g/mol. The number of fused-ring (bicyclic) bond motifs is 1. The normalized spacial score (nSPS) is 16.7. The number of pyridine rings is 1. The predicted molar refractivity (Wildman–Crippen MR) is 92.1 cm³/mol. The van der Waals surface area contributed by atoms with Gasteiger partial charge in [-0.15, -0.1) is 0 Å². The lowest BCUT2D eigenvalue weighted by Crippen LogP contribution is -2.45. The number of hydrogen-bond donors (Lipinski definition) is 0. The summed E-state index contributed by atoms with van der Waals surface area (Å²) in [6, 6.07) is 12.9. The molecule has 1 aliphatic heterocycles. The van der Waals surface area contributed by atoms with Crippen molar-refractivity contribution in [3.05, 3.63) is 71.9 Å². The molecule has 0 saturated carbocycles. The van der Waals surface area contributed by atoms with Gasteiger partial charge in [-0.3, -0.25) is 9.80 Å². The average Bonchev–Trinajstić information content (AvgIpc) is 3.01. The van der Waals surface area contributed by atoms with E-state index in [2.05, 4.69) is 25.4 Å². The summed E-state index contributed by atoms with van der Waals surface area (Å²) in [7, 11) is 0. The minimum Gasteiger partial charge on any atom is -0.307 e. The third kappa shape index (κ3) is 3.47. The van der Waals surface area contributed by atoms with E-state index < -0.39 is 0 Å². The Morgan fingerprint density at radius 3 is 2.29 bits per heavy atom. The van der Waals surface area contributed by atoms with Gasteiger partial charge in [-0.05, 0) is 29.8 Å². The molecule has 0 aliphatic carbocycles. The molecule has 0 bridgehead atoms. The van der Waals surface area contributed by atoms with E-state index in [0.717, 1.165) is 50.6 Å². The van der Waals surface area contributed by atoms with E-state index >= 15 is 0 Å². The van der Waals surface area contributed by atoms with Gasteiger partial charge < -0.3 is 4.40 Å². The third-order valence-electron chi connectivity index (χ3n) is 4.58. The van der Waals surface area contributed by atoms with Crippen LogP contribution < -0.4 is 0 Å². The van der Waals surface area contributed by atoms with Crippen molar-refractivity contribution in [3.8, 4) is 0 Å². The van der Waals surface area contributed by atoms with Crippen LogP contribution in [0.15, 0.2) is 54.9 Å². The Labute approximate surface area is 141 Å². The fourth-order valence-corrected chi connectivity index (χ4v) is 3.25. The molecule has 1 fully saturated rings. The Morgan fingerprint density at radius 2 is 1.58 bits per heavy atom. The number of hydrogen-bond acceptors (Lipinski definition) is 3. The molecule has 3 heterocycles. The summed E-state index contributed by atoms with van der Waals surface area (Å²) >= 11 is 0. The number of nitrogens with zero attached hydrogens (tertiary/aromatic N) is 4. The van der Waals surface area contributed by atoms with Gasteiger partial charge in [0.2, 0.25) is 0 Å². The predicted octanol–water partition coefficient (Wildman–Crippen LogP) is 2.79. The highest BCUT2D eigenvalue weighted by molar-refractivity contribution is 5.39. The van der Waals surface area contributed by atoms with Gasteiger partial charge in [0.05, 0.1) is 5.69 Å². The number of halogens is 1. The summed E-state index contributed by atoms with van der Waals surface area (Å²) in [6.45, 7) is 5.92. The number of aromatic nitrogens is 2. The third-order valence-corrected chi connectivity index (χ3v) is 4.58. The van der Waals surface area contributed by atoms with Crippen molar-refractivity contribution in [2.24, 2.45) is 0 Å². The largest absolute Gasteiger partial charge is 0.307 e. The highest BCUT2D eigenvalue weighted by Gasteiger charge is 2.18. The Bertz CT molecular complexity index is 771. The van der Waals surface area contributed by atoms with Crippen LogP contribution in [0, 0.1) is 5.82 Å². The minimum atomic E-state index is -0.170. The van der Waals surface area contributed by atoms with Crippen LogP contribution in [0.3, 0.4) is 0 Å². The van der Waals surface area contributed by atoms with Crippen molar-refractivity contribution in [1.82, 2.24) is 19.2 Å². The highest BCUT2D eigenvalue weighted by atomic mass is 19.1. The van der Waals surface area contributed by atoms with Crippen LogP contribution in [0.25, 0.3) is 5.65 Å². The highest BCUT2D eigenvalue weighted by Crippen LogP contribution is 2.12. The molecule has 0 spiro atoms. The van der Waals surface area contributed by atoms with Crippen molar-refractivity contribution >= 4 is 5.65 Å². The number of rotatable bonds is 4. The van der Waals surface area contributed by atoms with Crippen molar-refractivity contribution in [1.29, 1.82) is 0 Å². The molecule has 1 aliphatic rings. The fraction of sp³-hybridized carbons (Fsp3) is 0.316. The van der Waals surface area contributed by atoms with E-state index in [1.165, 1.54) is 17.7 Å². The van der Waals surface area contributed by atoms with Crippen LogP contribution in [0.1, 0.15) is 11.3 Å². The summed E-state index contributed by atoms with van der Waals surface area (Å²) < 4.78 is 15.0. The lowest BCUT2D eigenvalue weighted by Gasteiger charge is -2.34. The van der Waals surface area contributed by atoms with Crippen molar-refractivity contribution in [2.45, 2.75) is 13.1 Å². The van der Waals surface area contributed by atoms with Crippen LogP contribution in [-0.4, -0.2) is 45.4 Å². The fourth-order valence-electron chi connectivity index (χ4n) is 3.25. The monoisotopic (exact) mass is 324 g/mol. The van der Waals surface area contributed by atoms with Crippen molar-refractivity contribution in [3.63, 3.8) is 0 Å². The smallest absolute Gasteiger partial charge is 0.137 e. The van der Waals surface area contributed by atoms with Gasteiger partial charge in [-0.1, -0.05) is 18.2 Å². The zero-order chi connectivity index (χ0) is 16.4. The van der Waals surface area contributed by atoms with Crippen LogP contribution >= 0.6 is 0 Å². The first-order valence-electron chi connectivity index (χ1n) is 8.38. The standard InChI is InChI=1S/C19H21FN4/c20-17-6-4-16(5-7-17)13-22-9-11-23(12-10-22)14-18-15-24-8-2-1-3-19(24)21-18/h1-8,15H,9-14H2. The SMILES string of the molecule is Fc1ccc(CN2CCN(Cc3cn4ccccc4n3)CC2)cc1. The molecule has 4 nitrogen and oxygen atoms in total. The van der Waals surface area contributed by atoms with Crippen molar-refractivity contribution < 1.29 is 4.39 Å². The second kappa shape index (κ2) is 6.71. The second-order valence-electron chi connectivity index (χ2n) is 6.38. The molecule has 0 atom stereocenters. The van der Waals surface area contributed by atoms with Crippen LogP contribution in [0.5, 0.6) is 0 Å². The lowest BCUT2D eigenvalue weighted by molar-refractivity contribution is 0.121. The Morgan fingerprint density at radius 1 is 0.875 bits per heavy atom. The molecule has 0 unspecified atom stereocenters.